The van der Waals surface area contributed by atoms with E-state index in [0.29, 0.717) is 26.1 Å². The Balaban J connectivity index is 1.91. The van der Waals surface area contributed by atoms with Gasteiger partial charge in [-0.2, -0.15) is 0 Å². The first kappa shape index (κ1) is 16.6. The second kappa shape index (κ2) is 8.00. The molecule has 0 aromatic heterocycles. The van der Waals surface area contributed by atoms with Crippen LogP contribution >= 0.6 is 0 Å². The van der Waals surface area contributed by atoms with Crippen molar-refractivity contribution in [2.24, 2.45) is 5.73 Å². The summed E-state index contributed by atoms with van der Waals surface area (Å²) in [5.41, 5.74) is 6.65. The van der Waals surface area contributed by atoms with Gasteiger partial charge in [0.25, 0.3) is 0 Å². The summed E-state index contributed by atoms with van der Waals surface area (Å²) in [6.07, 6.45) is 0.154. The Hall–Kier alpha value is -1.79. The minimum Gasteiger partial charge on any atom is -0.495 e. The number of nitrogens with zero attached hydrogens (tertiary/aromatic N) is 2. The highest BCUT2D eigenvalue weighted by Gasteiger charge is 2.24. The van der Waals surface area contributed by atoms with E-state index in [4.69, 9.17) is 15.2 Å². The lowest BCUT2D eigenvalue weighted by atomic mass is 10.2. The number of ether oxygens (including phenoxy) is 2. The molecule has 22 heavy (non-hydrogen) atoms. The third-order valence-corrected chi connectivity index (χ3v) is 4.06. The molecule has 1 aliphatic rings. The van der Waals surface area contributed by atoms with E-state index in [-0.39, 0.29) is 12.0 Å². The fourth-order valence-corrected chi connectivity index (χ4v) is 2.67. The summed E-state index contributed by atoms with van der Waals surface area (Å²) in [5, 5.41) is 0. The number of rotatable bonds is 6. The SMILES string of the molecule is COc1ccccc1N1CCN(C(=O)CC(CN)OC)CC1. The van der Waals surface area contributed by atoms with Gasteiger partial charge in [-0.3, -0.25) is 4.79 Å². The molecule has 1 aliphatic heterocycles. The number of hydrogen-bond acceptors (Lipinski definition) is 5. The maximum atomic E-state index is 12.2. The van der Waals surface area contributed by atoms with Gasteiger partial charge in [0.15, 0.2) is 0 Å². The van der Waals surface area contributed by atoms with Crippen molar-refractivity contribution < 1.29 is 14.3 Å². The molecule has 1 atom stereocenters. The first-order valence-corrected chi connectivity index (χ1v) is 7.58. The molecular weight excluding hydrogens is 282 g/mol. The molecule has 2 N–H and O–H groups in total. The maximum absolute atomic E-state index is 12.2. The standard InChI is InChI=1S/C16H25N3O3/c1-21-13(12-17)11-16(20)19-9-7-18(8-10-19)14-5-3-4-6-15(14)22-2/h3-6,13H,7-12,17H2,1-2H3. The Labute approximate surface area is 131 Å². The van der Waals surface area contributed by atoms with Gasteiger partial charge >= 0.3 is 0 Å². The van der Waals surface area contributed by atoms with Crippen molar-refractivity contribution >= 4 is 11.6 Å². The fourth-order valence-electron chi connectivity index (χ4n) is 2.67. The Morgan fingerprint density at radius 1 is 1.23 bits per heavy atom. The van der Waals surface area contributed by atoms with E-state index in [0.717, 1.165) is 24.5 Å². The number of benzene rings is 1. The number of carbonyl (C=O) groups excluding carboxylic acids is 1. The lowest BCUT2D eigenvalue weighted by Gasteiger charge is -2.37. The van der Waals surface area contributed by atoms with E-state index in [2.05, 4.69) is 4.90 Å². The summed E-state index contributed by atoms with van der Waals surface area (Å²) in [5.74, 6) is 0.974. The van der Waals surface area contributed by atoms with Crippen LogP contribution in [-0.2, 0) is 9.53 Å². The summed E-state index contributed by atoms with van der Waals surface area (Å²) in [6.45, 7) is 3.37. The van der Waals surface area contributed by atoms with Gasteiger partial charge in [0.1, 0.15) is 5.75 Å². The van der Waals surface area contributed by atoms with Gasteiger partial charge < -0.3 is 25.0 Å². The molecule has 1 unspecified atom stereocenters. The summed E-state index contributed by atoms with van der Waals surface area (Å²) in [4.78, 5) is 16.4. The molecule has 0 radical (unpaired) electrons. The van der Waals surface area contributed by atoms with Crippen LogP contribution in [0.2, 0.25) is 0 Å². The molecule has 2 rings (SSSR count). The van der Waals surface area contributed by atoms with Gasteiger partial charge in [0.2, 0.25) is 5.91 Å². The van der Waals surface area contributed by atoms with Crippen molar-refractivity contribution in [2.45, 2.75) is 12.5 Å². The van der Waals surface area contributed by atoms with Crippen molar-refractivity contribution in [3.8, 4) is 5.75 Å². The van der Waals surface area contributed by atoms with Crippen LogP contribution in [0.3, 0.4) is 0 Å². The number of anilines is 1. The van der Waals surface area contributed by atoms with Crippen molar-refractivity contribution in [2.75, 3.05) is 51.8 Å². The Morgan fingerprint density at radius 3 is 2.50 bits per heavy atom. The third kappa shape index (κ3) is 3.90. The predicted molar refractivity (Wildman–Crippen MR) is 86.3 cm³/mol. The minimum absolute atomic E-state index is 0.108. The molecule has 0 bridgehead atoms. The first-order valence-electron chi connectivity index (χ1n) is 7.58. The van der Waals surface area contributed by atoms with Gasteiger partial charge in [0.05, 0.1) is 25.3 Å². The molecular formula is C16H25N3O3. The molecule has 1 amide bonds. The molecule has 1 aromatic rings. The molecule has 0 aliphatic carbocycles. The van der Waals surface area contributed by atoms with E-state index >= 15 is 0 Å². The van der Waals surface area contributed by atoms with Gasteiger partial charge in [-0.25, -0.2) is 0 Å². The molecule has 6 heteroatoms. The van der Waals surface area contributed by atoms with Crippen molar-refractivity contribution in [3.63, 3.8) is 0 Å². The highest BCUT2D eigenvalue weighted by Crippen LogP contribution is 2.28. The molecule has 0 spiro atoms. The molecule has 0 saturated carbocycles. The smallest absolute Gasteiger partial charge is 0.225 e. The maximum Gasteiger partial charge on any atom is 0.225 e. The van der Waals surface area contributed by atoms with Crippen LogP contribution in [0.4, 0.5) is 5.69 Å². The van der Waals surface area contributed by atoms with E-state index in [1.807, 2.05) is 29.2 Å². The summed E-state index contributed by atoms with van der Waals surface area (Å²) in [7, 11) is 3.26. The highest BCUT2D eigenvalue weighted by molar-refractivity contribution is 5.77. The summed E-state index contributed by atoms with van der Waals surface area (Å²) in [6, 6.07) is 7.96. The highest BCUT2D eigenvalue weighted by atomic mass is 16.5. The van der Waals surface area contributed by atoms with Crippen LogP contribution < -0.4 is 15.4 Å². The number of piperazine rings is 1. The monoisotopic (exact) mass is 307 g/mol. The molecule has 1 aromatic carbocycles. The topological polar surface area (TPSA) is 68.0 Å². The fraction of sp³-hybridized carbons (Fsp3) is 0.562. The lowest BCUT2D eigenvalue weighted by molar-refractivity contribution is -0.133. The Bertz CT molecular complexity index is 483. The number of nitrogens with two attached hydrogens (primary N) is 1. The second-order valence-electron chi connectivity index (χ2n) is 5.34. The molecule has 6 nitrogen and oxygen atoms in total. The van der Waals surface area contributed by atoms with Crippen LogP contribution in [0.1, 0.15) is 6.42 Å². The van der Waals surface area contributed by atoms with E-state index < -0.39 is 0 Å². The van der Waals surface area contributed by atoms with Crippen LogP contribution in [-0.4, -0.2) is 63.9 Å². The van der Waals surface area contributed by atoms with Gasteiger partial charge in [-0.05, 0) is 12.1 Å². The van der Waals surface area contributed by atoms with Crippen molar-refractivity contribution in [1.82, 2.24) is 4.90 Å². The zero-order valence-corrected chi connectivity index (χ0v) is 13.3. The summed E-state index contributed by atoms with van der Waals surface area (Å²) < 4.78 is 10.6. The van der Waals surface area contributed by atoms with Gasteiger partial charge in [-0.15, -0.1) is 0 Å². The van der Waals surface area contributed by atoms with E-state index in [9.17, 15) is 4.79 Å². The number of methoxy groups -OCH3 is 2. The number of para-hydroxylation sites is 2. The van der Waals surface area contributed by atoms with Crippen molar-refractivity contribution in [3.05, 3.63) is 24.3 Å². The van der Waals surface area contributed by atoms with Crippen LogP contribution in [0.5, 0.6) is 5.75 Å². The third-order valence-electron chi connectivity index (χ3n) is 4.06. The van der Waals surface area contributed by atoms with Crippen LogP contribution in [0, 0.1) is 0 Å². The van der Waals surface area contributed by atoms with Crippen molar-refractivity contribution in [1.29, 1.82) is 0 Å². The van der Waals surface area contributed by atoms with E-state index in [1.54, 1.807) is 14.2 Å². The number of hydrogen-bond donors (Lipinski definition) is 1. The van der Waals surface area contributed by atoms with Crippen LogP contribution in [0.15, 0.2) is 24.3 Å². The minimum atomic E-state index is -0.195. The zero-order chi connectivity index (χ0) is 15.9. The van der Waals surface area contributed by atoms with Gasteiger partial charge in [-0.1, -0.05) is 12.1 Å². The Morgan fingerprint density at radius 2 is 1.91 bits per heavy atom. The lowest BCUT2D eigenvalue weighted by Crippen LogP contribution is -2.49. The first-order chi connectivity index (χ1) is 10.7. The number of carbonyl (C=O) groups is 1. The Kier molecular flexibility index (Phi) is 6.03. The molecule has 1 heterocycles. The largest absolute Gasteiger partial charge is 0.495 e. The van der Waals surface area contributed by atoms with Crippen LogP contribution in [0.25, 0.3) is 0 Å². The quantitative estimate of drug-likeness (QED) is 0.838. The molecule has 122 valence electrons. The van der Waals surface area contributed by atoms with Gasteiger partial charge in [0, 0.05) is 39.8 Å². The van der Waals surface area contributed by atoms with E-state index in [1.165, 1.54) is 0 Å². The predicted octanol–water partition coefficient (Wildman–Crippen LogP) is 0.708. The molecule has 1 saturated heterocycles. The summed E-state index contributed by atoms with van der Waals surface area (Å²) >= 11 is 0. The second-order valence-corrected chi connectivity index (χ2v) is 5.34. The average Bonchev–Trinajstić information content (AvgIpc) is 2.59. The molecule has 1 fully saturated rings. The zero-order valence-electron chi connectivity index (χ0n) is 13.3. The average molecular weight is 307 g/mol. The number of amides is 1. The normalized spacial score (nSPS) is 16.5.